The van der Waals surface area contributed by atoms with E-state index in [0.717, 1.165) is 27.0 Å². The summed E-state index contributed by atoms with van der Waals surface area (Å²) in [6.45, 7) is 2.76. The van der Waals surface area contributed by atoms with Gasteiger partial charge in [0.1, 0.15) is 6.33 Å². The highest BCUT2D eigenvalue weighted by Crippen LogP contribution is 2.20. The van der Waals surface area contributed by atoms with E-state index >= 15 is 0 Å². The van der Waals surface area contributed by atoms with Gasteiger partial charge in [-0.3, -0.25) is 4.98 Å². The van der Waals surface area contributed by atoms with Gasteiger partial charge in [-0.25, -0.2) is 4.68 Å². The minimum absolute atomic E-state index is 0.701. The van der Waals surface area contributed by atoms with Crippen molar-refractivity contribution >= 4 is 21.6 Å². The van der Waals surface area contributed by atoms with Crippen molar-refractivity contribution in [3.63, 3.8) is 0 Å². The monoisotopic (exact) mass is 344 g/mol. The Morgan fingerprint density at radius 3 is 2.90 bits per heavy atom. The molecule has 106 valence electrons. The molecule has 0 fully saturated rings. The molecule has 7 heteroatoms. The average Bonchev–Trinajstić information content (AvgIpc) is 3.01. The van der Waals surface area contributed by atoms with Gasteiger partial charge in [0.2, 0.25) is 0 Å². The second-order valence-electron chi connectivity index (χ2n) is 4.62. The van der Waals surface area contributed by atoms with Crippen molar-refractivity contribution in [3.05, 3.63) is 58.6 Å². The maximum Gasteiger partial charge on any atom is 0.143 e. The van der Waals surface area contributed by atoms with E-state index in [1.807, 2.05) is 30.5 Å². The molecule has 21 heavy (non-hydrogen) atoms. The predicted octanol–water partition coefficient (Wildman–Crippen LogP) is 2.74. The molecule has 0 bridgehead atoms. The first kappa shape index (κ1) is 13.7. The van der Waals surface area contributed by atoms with E-state index < -0.39 is 0 Å². The first-order valence-corrected chi connectivity index (χ1v) is 7.19. The smallest absolute Gasteiger partial charge is 0.143 e. The van der Waals surface area contributed by atoms with E-state index in [0.29, 0.717) is 6.54 Å². The molecule has 2 heterocycles. The van der Waals surface area contributed by atoms with Gasteiger partial charge >= 0.3 is 0 Å². The van der Waals surface area contributed by atoms with Gasteiger partial charge in [-0.2, -0.15) is 0 Å². The summed E-state index contributed by atoms with van der Waals surface area (Å²) in [7, 11) is 0. The molecule has 0 saturated carbocycles. The van der Waals surface area contributed by atoms with Gasteiger partial charge in [-0.05, 0) is 62.6 Å². The number of pyridine rings is 1. The molecule has 0 aliphatic heterocycles. The molecule has 0 saturated heterocycles. The molecule has 6 nitrogen and oxygen atoms in total. The molecule has 2 aromatic heterocycles. The Bertz CT molecular complexity index is 741. The molecule has 0 spiro atoms. The van der Waals surface area contributed by atoms with Crippen LogP contribution < -0.4 is 5.32 Å². The Kier molecular flexibility index (Phi) is 3.92. The quantitative estimate of drug-likeness (QED) is 0.788. The highest BCUT2D eigenvalue weighted by molar-refractivity contribution is 9.10. The Morgan fingerprint density at radius 2 is 2.14 bits per heavy atom. The minimum atomic E-state index is 0.701. The standard InChI is InChI=1S/C14H13BrN6/c1-10-2-3-13(21-9-18-19-20-21)5-14(10)17-7-11-4-12(15)8-16-6-11/h2-6,8-9,17H,7H2,1H3. The van der Waals surface area contributed by atoms with E-state index in [1.165, 1.54) is 0 Å². The summed E-state index contributed by atoms with van der Waals surface area (Å²) in [6, 6.07) is 8.09. The van der Waals surface area contributed by atoms with Gasteiger partial charge in [0, 0.05) is 29.1 Å². The Hall–Kier alpha value is -2.28. The second-order valence-corrected chi connectivity index (χ2v) is 5.53. The van der Waals surface area contributed by atoms with Gasteiger partial charge in [0.05, 0.1) is 5.69 Å². The summed E-state index contributed by atoms with van der Waals surface area (Å²) < 4.78 is 2.60. The molecule has 0 atom stereocenters. The summed E-state index contributed by atoms with van der Waals surface area (Å²) >= 11 is 3.42. The molecular formula is C14H13BrN6. The van der Waals surface area contributed by atoms with Crippen LogP contribution in [0.25, 0.3) is 5.69 Å². The van der Waals surface area contributed by atoms with Crippen molar-refractivity contribution in [3.8, 4) is 5.69 Å². The van der Waals surface area contributed by atoms with Gasteiger partial charge < -0.3 is 5.32 Å². The van der Waals surface area contributed by atoms with Crippen LogP contribution in [0.2, 0.25) is 0 Å². The first-order valence-electron chi connectivity index (χ1n) is 6.40. The number of tetrazole rings is 1. The topological polar surface area (TPSA) is 68.5 Å². The third kappa shape index (κ3) is 3.25. The number of nitrogens with zero attached hydrogens (tertiary/aromatic N) is 5. The molecule has 0 unspecified atom stereocenters. The number of hydrogen-bond acceptors (Lipinski definition) is 5. The van der Waals surface area contributed by atoms with Crippen LogP contribution in [-0.4, -0.2) is 25.2 Å². The van der Waals surface area contributed by atoms with Gasteiger partial charge in [-0.15, -0.1) is 5.10 Å². The molecule has 1 aromatic carbocycles. The van der Waals surface area contributed by atoms with E-state index in [2.05, 4.69) is 48.7 Å². The molecule has 0 aliphatic rings. The fraction of sp³-hybridized carbons (Fsp3) is 0.143. The highest BCUT2D eigenvalue weighted by Gasteiger charge is 2.04. The van der Waals surface area contributed by atoms with Crippen LogP contribution >= 0.6 is 15.9 Å². The van der Waals surface area contributed by atoms with Gasteiger partial charge in [0.25, 0.3) is 0 Å². The first-order chi connectivity index (χ1) is 10.2. The van der Waals surface area contributed by atoms with Gasteiger partial charge in [0.15, 0.2) is 0 Å². The fourth-order valence-electron chi connectivity index (χ4n) is 1.97. The van der Waals surface area contributed by atoms with Crippen LogP contribution in [0.1, 0.15) is 11.1 Å². The zero-order valence-corrected chi connectivity index (χ0v) is 12.9. The predicted molar refractivity (Wildman–Crippen MR) is 83.2 cm³/mol. The summed E-state index contributed by atoms with van der Waals surface area (Å²) in [5.41, 5.74) is 4.23. The lowest BCUT2D eigenvalue weighted by Gasteiger charge is -2.11. The molecule has 3 rings (SSSR count). The lowest BCUT2D eigenvalue weighted by Crippen LogP contribution is -2.03. The van der Waals surface area contributed by atoms with Crippen LogP contribution in [-0.2, 0) is 6.54 Å². The largest absolute Gasteiger partial charge is 0.381 e. The van der Waals surface area contributed by atoms with E-state index in [1.54, 1.807) is 17.2 Å². The summed E-state index contributed by atoms with van der Waals surface area (Å²) in [4.78, 5) is 4.16. The number of hydrogen-bond donors (Lipinski definition) is 1. The molecule has 3 aromatic rings. The summed E-state index contributed by atoms with van der Waals surface area (Å²) in [6.07, 6.45) is 5.19. The molecular weight excluding hydrogens is 332 g/mol. The van der Waals surface area contributed by atoms with Crippen LogP contribution in [0.15, 0.2) is 47.5 Å². The number of nitrogens with one attached hydrogen (secondary N) is 1. The number of aryl methyl sites for hydroxylation is 1. The van der Waals surface area contributed by atoms with Crippen molar-refractivity contribution in [2.24, 2.45) is 0 Å². The van der Waals surface area contributed by atoms with E-state index in [4.69, 9.17) is 0 Å². The highest BCUT2D eigenvalue weighted by atomic mass is 79.9. The number of benzene rings is 1. The van der Waals surface area contributed by atoms with Crippen LogP contribution in [0.5, 0.6) is 0 Å². The van der Waals surface area contributed by atoms with Crippen molar-refractivity contribution < 1.29 is 0 Å². The summed E-state index contributed by atoms with van der Waals surface area (Å²) in [5, 5.41) is 14.6. The Labute approximate surface area is 130 Å². The third-order valence-corrected chi connectivity index (χ3v) is 3.51. The van der Waals surface area contributed by atoms with E-state index in [-0.39, 0.29) is 0 Å². The van der Waals surface area contributed by atoms with Crippen molar-refractivity contribution in [2.75, 3.05) is 5.32 Å². The third-order valence-electron chi connectivity index (χ3n) is 3.08. The maximum absolute atomic E-state index is 4.16. The van der Waals surface area contributed by atoms with E-state index in [9.17, 15) is 0 Å². The zero-order valence-electron chi connectivity index (χ0n) is 11.4. The number of halogens is 1. The zero-order chi connectivity index (χ0) is 14.7. The summed E-state index contributed by atoms with van der Waals surface area (Å²) in [5.74, 6) is 0. The molecule has 0 radical (unpaired) electrons. The normalized spacial score (nSPS) is 10.6. The lowest BCUT2D eigenvalue weighted by atomic mass is 10.1. The minimum Gasteiger partial charge on any atom is -0.381 e. The maximum atomic E-state index is 4.16. The Morgan fingerprint density at radius 1 is 1.24 bits per heavy atom. The van der Waals surface area contributed by atoms with Crippen LogP contribution in [0, 0.1) is 6.92 Å². The van der Waals surface area contributed by atoms with Gasteiger partial charge in [-0.1, -0.05) is 6.07 Å². The van der Waals surface area contributed by atoms with Crippen LogP contribution in [0.3, 0.4) is 0 Å². The molecule has 1 N–H and O–H groups in total. The average molecular weight is 345 g/mol. The SMILES string of the molecule is Cc1ccc(-n2cnnn2)cc1NCc1cncc(Br)c1. The number of rotatable bonds is 4. The lowest BCUT2D eigenvalue weighted by molar-refractivity contribution is 0.789. The van der Waals surface area contributed by atoms with Crippen molar-refractivity contribution in [1.29, 1.82) is 0 Å². The second kappa shape index (κ2) is 6.01. The van der Waals surface area contributed by atoms with Crippen molar-refractivity contribution in [1.82, 2.24) is 25.2 Å². The van der Waals surface area contributed by atoms with Crippen molar-refractivity contribution in [2.45, 2.75) is 13.5 Å². The number of aromatic nitrogens is 5. The Balaban J connectivity index is 1.80. The molecule has 0 amide bonds. The molecule has 0 aliphatic carbocycles. The fourth-order valence-corrected chi connectivity index (χ4v) is 2.38. The number of anilines is 1. The van der Waals surface area contributed by atoms with Crippen LogP contribution in [0.4, 0.5) is 5.69 Å².